The summed E-state index contributed by atoms with van der Waals surface area (Å²) in [6, 6.07) is 22.4. The molecule has 1 aliphatic heterocycles. The zero-order valence-corrected chi connectivity index (χ0v) is 20.2. The van der Waals surface area contributed by atoms with Gasteiger partial charge in [-0.3, -0.25) is 4.79 Å². The number of carbonyl (C=O) groups is 2. The largest absolute Gasteiger partial charge is 0.468 e. The van der Waals surface area contributed by atoms with Gasteiger partial charge in [0, 0.05) is 5.56 Å². The monoisotopic (exact) mass is 484 g/mol. The number of thioether (sulfide) groups is 1. The lowest BCUT2D eigenvalue weighted by Crippen LogP contribution is -2.29. The molecule has 0 unspecified atom stereocenters. The van der Waals surface area contributed by atoms with Crippen molar-refractivity contribution in [2.45, 2.75) is 19.8 Å². The van der Waals surface area contributed by atoms with Crippen molar-refractivity contribution in [3.8, 4) is 6.07 Å². The topological polar surface area (TPSA) is 92.3 Å². The van der Waals surface area contributed by atoms with Gasteiger partial charge in [0.2, 0.25) is 0 Å². The second-order valence-corrected chi connectivity index (χ2v) is 8.87. The fourth-order valence-corrected chi connectivity index (χ4v) is 4.79. The Labute approximate surface area is 208 Å². The van der Waals surface area contributed by atoms with Gasteiger partial charge in [-0.2, -0.15) is 5.26 Å². The molecule has 0 radical (unpaired) electrons. The number of ether oxygens (including phenoxy) is 1. The van der Waals surface area contributed by atoms with E-state index in [4.69, 9.17) is 9.15 Å². The van der Waals surface area contributed by atoms with Crippen molar-refractivity contribution in [2.24, 2.45) is 0 Å². The van der Waals surface area contributed by atoms with Crippen molar-refractivity contribution >= 4 is 29.2 Å². The fraction of sp³-hybridized carbons (Fsp3) is 0.179. The van der Waals surface area contributed by atoms with Gasteiger partial charge >= 0.3 is 5.97 Å². The van der Waals surface area contributed by atoms with Crippen LogP contribution in [0.1, 0.15) is 40.1 Å². The quantitative estimate of drug-likeness (QED) is 0.329. The molecule has 3 aromatic rings. The minimum atomic E-state index is -0.775. The third-order valence-electron chi connectivity index (χ3n) is 5.56. The third-order valence-corrected chi connectivity index (χ3v) is 6.57. The normalized spacial score (nSPS) is 15.4. The number of carbonyl (C=O) groups excluding carboxylic acids is 2. The number of nitrogens with one attached hydrogen (secondary N) is 1. The molecule has 0 aliphatic carbocycles. The van der Waals surface area contributed by atoms with E-state index in [1.54, 1.807) is 31.2 Å². The average molecular weight is 485 g/mol. The predicted octanol–water partition coefficient (Wildman–Crippen LogP) is 5.60. The van der Waals surface area contributed by atoms with Crippen molar-refractivity contribution in [2.75, 3.05) is 12.4 Å². The van der Waals surface area contributed by atoms with Gasteiger partial charge in [0.05, 0.1) is 52.5 Å². The van der Waals surface area contributed by atoms with Gasteiger partial charge in [0.1, 0.15) is 5.76 Å². The number of hydrogen-bond acceptors (Lipinski definition) is 7. The number of furan rings is 1. The first-order chi connectivity index (χ1) is 17.0. The summed E-state index contributed by atoms with van der Waals surface area (Å²) in [6.07, 6.45) is 1.51. The highest BCUT2D eigenvalue weighted by atomic mass is 32.2. The molecule has 1 N–H and O–H groups in total. The Bertz CT molecular complexity index is 1320. The number of dihydropyridines is 1. The second-order valence-electron chi connectivity index (χ2n) is 7.88. The zero-order valence-electron chi connectivity index (χ0n) is 19.4. The van der Waals surface area contributed by atoms with Crippen LogP contribution in [0.3, 0.4) is 0 Å². The Balaban J connectivity index is 1.77. The number of nitrogens with zero attached hydrogens (tertiary/aromatic N) is 1. The SMILES string of the molecule is CCOC(=O)C1=C(c2ccccc2)NC(SCC(=O)c2ccc(C)cc2)=C(C#N)[C@@H]1c1ccco1. The van der Waals surface area contributed by atoms with Crippen LogP contribution in [0, 0.1) is 18.3 Å². The van der Waals surface area contributed by atoms with E-state index in [9.17, 15) is 14.9 Å². The highest BCUT2D eigenvalue weighted by molar-refractivity contribution is 8.03. The van der Waals surface area contributed by atoms with E-state index in [0.29, 0.717) is 33.2 Å². The number of allylic oxidation sites excluding steroid dienone is 1. The van der Waals surface area contributed by atoms with Crippen molar-refractivity contribution in [3.05, 3.63) is 112 Å². The summed E-state index contributed by atoms with van der Waals surface area (Å²) >= 11 is 1.23. The van der Waals surface area contributed by atoms with Crippen LogP contribution in [0.5, 0.6) is 0 Å². The van der Waals surface area contributed by atoms with Crippen LogP contribution in [-0.2, 0) is 9.53 Å². The highest BCUT2D eigenvalue weighted by Crippen LogP contribution is 2.43. The van der Waals surface area contributed by atoms with Gasteiger partial charge in [-0.05, 0) is 31.5 Å². The van der Waals surface area contributed by atoms with Gasteiger partial charge in [-0.1, -0.05) is 71.9 Å². The number of aryl methyl sites for hydroxylation is 1. The van der Waals surface area contributed by atoms with Gasteiger partial charge in [-0.25, -0.2) is 4.79 Å². The van der Waals surface area contributed by atoms with Crippen LogP contribution < -0.4 is 5.32 Å². The molecule has 7 heteroatoms. The maximum Gasteiger partial charge on any atom is 0.337 e. The van der Waals surface area contributed by atoms with E-state index in [0.717, 1.165) is 11.1 Å². The van der Waals surface area contributed by atoms with E-state index < -0.39 is 11.9 Å². The summed E-state index contributed by atoms with van der Waals surface area (Å²) in [6.45, 7) is 3.89. The Kier molecular flexibility index (Phi) is 7.54. The molecule has 4 rings (SSSR count). The molecule has 0 saturated heterocycles. The number of benzene rings is 2. The lowest BCUT2D eigenvalue weighted by molar-refractivity contribution is -0.138. The molecule has 2 heterocycles. The van der Waals surface area contributed by atoms with Gasteiger partial charge < -0.3 is 14.5 Å². The number of nitriles is 1. The smallest absolute Gasteiger partial charge is 0.337 e. The first kappa shape index (κ1) is 24.1. The Morgan fingerprint density at radius 3 is 2.46 bits per heavy atom. The first-order valence-corrected chi connectivity index (χ1v) is 12.2. The molecule has 1 aromatic heterocycles. The Hall–Kier alpha value is -4.02. The van der Waals surface area contributed by atoms with E-state index in [2.05, 4.69) is 11.4 Å². The van der Waals surface area contributed by atoms with Crippen LogP contribution in [0.25, 0.3) is 5.70 Å². The third kappa shape index (κ3) is 5.23. The molecular weight excluding hydrogens is 460 g/mol. The van der Waals surface area contributed by atoms with Crippen LogP contribution >= 0.6 is 11.8 Å². The lowest BCUT2D eigenvalue weighted by atomic mass is 9.84. The average Bonchev–Trinajstić information content (AvgIpc) is 3.42. The minimum Gasteiger partial charge on any atom is -0.468 e. The van der Waals surface area contributed by atoms with E-state index in [1.807, 2.05) is 49.4 Å². The summed E-state index contributed by atoms with van der Waals surface area (Å²) in [5, 5.41) is 13.9. The number of esters is 1. The molecule has 176 valence electrons. The number of hydrogen-bond donors (Lipinski definition) is 1. The molecular formula is C28H24N2O4S. The van der Waals surface area contributed by atoms with Crippen LogP contribution in [-0.4, -0.2) is 24.1 Å². The molecule has 0 spiro atoms. The molecule has 35 heavy (non-hydrogen) atoms. The number of Topliss-reactive ketones (excluding diaryl/α,β-unsaturated/α-hetero) is 1. The van der Waals surface area contributed by atoms with Crippen molar-refractivity contribution in [1.29, 1.82) is 5.26 Å². The molecule has 0 amide bonds. The molecule has 2 aromatic carbocycles. The minimum absolute atomic E-state index is 0.0578. The van der Waals surface area contributed by atoms with E-state index in [-0.39, 0.29) is 18.1 Å². The predicted molar refractivity (Wildman–Crippen MR) is 135 cm³/mol. The van der Waals surface area contributed by atoms with Crippen molar-refractivity contribution in [3.63, 3.8) is 0 Å². The summed E-state index contributed by atoms with van der Waals surface area (Å²) in [4.78, 5) is 26.0. The highest BCUT2D eigenvalue weighted by Gasteiger charge is 2.38. The van der Waals surface area contributed by atoms with Crippen molar-refractivity contribution < 1.29 is 18.7 Å². The van der Waals surface area contributed by atoms with Gasteiger partial charge in [0.25, 0.3) is 0 Å². The van der Waals surface area contributed by atoms with Crippen LogP contribution in [0.4, 0.5) is 0 Å². The molecule has 0 saturated carbocycles. The molecule has 0 bridgehead atoms. The van der Waals surface area contributed by atoms with Crippen LogP contribution in [0.15, 0.2) is 93.6 Å². The summed E-state index contributed by atoms with van der Waals surface area (Å²) < 4.78 is 11.1. The zero-order chi connectivity index (χ0) is 24.8. The molecule has 0 fully saturated rings. The maximum absolute atomic E-state index is 13.2. The Morgan fingerprint density at radius 1 is 1.09 bits per heavy atom. The summed E-state index contributed by atoms with van der Waals surface area (Å²) in [5.41, 5.74) is 3.54. The lowest BCUT2D eigenvalue weighted by Gasteiger charge is -2.29. The maximum atomic E-state index is 13.2. The van der Waals surface area contributed by atoms with E-state index in [1.165, 1.54) is 18.0 Å². The second kappa shape index (κ2) is 10.9. The summed E-state index contributed by atoms with van der Waals surface area (Å²) in [5.74, 6) is -0.798. The van der Waals surface area contributed by atoms with Crippen molar-refractivity contribution in [1.82, 2.24) is 5.32 Å². The number of ketones is 1. The molecule has 1 atom stereocenters. The Morgan fingerprint density at radius 2 is 1.83 bits per heavy atom. The first-order valence-electron chi connectivity index (χ1n) is 11.2. The van der Waals surface area contributed by atoms with E-state index >= 15 is 0 Å². The molecule has 1 aliphatic rings. The van der Waals surface area contributed by atoms with Gasteiger partial charge in [-0.15, -0.1) is 0 Å². The van der Waals surface area contributed by atoms with Crippen LogP contribution in [0.2, 0.25) is 0 Å². The molecule has 6 nitrogen and oxygen atoms in total. The standard InChI is InChI=1S/C28H24N2O4S/c1-3-33-28(32)25-24(23-10-7-15-34-23)21(16-29)27(30-26(25)20-8-5-4-6-9-20)35-17-22(31)19-13-11-18(2)12-14-19/h4-15,24,30H,3,17H2,1-2H3/t24-/m1/s1. The summed E-state index contributed by atoms with van der Waals surface area (Å²) in [7, 11) is 0. The fourth-order valence-electron chi connectivity index (χ4n) is 3.86. The van der Waals surface area contributed by atoms with Gasteiger partial charge in [0.15, 0.2) is 5.78 Å². The number of rotatable bonds is 8.